The van der Waals surface area contributed by atoms with Crippen LogP contribution in [0.2, 0.25) is 0 Å². The number of benzene rings is 1. The molecule has 2 heterocycles. The molecular weight excluding hydrogens is 372 g/mol. The van der Waals surface area contributed by atoms with E-state index in [-0.39, 0.29) is 5.91 Å². The van der Waals surface area contributed by atoms with Crippen molar-refractivity contribution in [3.05, 3.63) is 57.7 Å². The van der Waals surface area contributed by atoms with E-state index in [4.69, 9.17) is 4.74 Å². The molecule has 4 nitrogen and oxygen atoms in total. The highest BCUT2D eigenvalue weighted by molar-refractivity contribution is 8.01. The van der Waals surface area contributed by atoms with Gasteiger partial charge in [-0.1, -0.05) is 17.8 Å². The number of carbonyl (C=O) groups is 1. The van der Waals surface area contributed by atoms with Crippen LogP contribution in [0, 0.1) is 6.92 Å². The van der Waals surface area contributed by atoms with Crippen molar-refractivity contribution in [1.82, 2.24) is 4.98 Å². The van der Waals surface area contributed by atoms with Gasteiger partial charge in [0, 0.05) is 21.6 Å². The summed E-state index contributed by atoms with van der Waals surface area (Å²) < 4.78 is 6.14. The molecule has 3 rings (SSSR count). The molecule has 0 radical (unpaired) electrons. The van der Waals surface area contributed by atoms with Crippen LogP contribution in [0.4, 0.5) is 5.69 Å². The zero-order valence-electron chi connectivity index (χ0n) is 14.0. The molecule has 0 atom stereocenters. The van der Waals surface area contributed by atoms with E-state index in [2.05, 4.69) is 4.98 Å². The second-order valence-corrected chi connectivity index (χ2v) is 8.41. The molecule has 0 saturated carbocycles. The first-order valence-corrected chi connectivity index (χ1v) is 10.4. The molecule has 0 aliphatic carbocycles. The highest BCUT2D eigenvalue weighted by Crippen LogP contribution is 2.26. The molecule has 0 saturated heterocycles. The maximum Gasteiger partial charge on any atom is 0.237 e. The predicted octanol–water partition coefficient (Wildman–Crippen LogP) is 4.85. The standard InChI is InChI=1S/C18H18N2O2S3/c1-13-11-24-18(19-13)25-12-17(21)20(10-16-4-3-9-23-16)14-5-7-15(22-2)8-6-14/h3-9,11H,10,12H2,1-2H3. The Morgan fingerprint density at radius 3 is 2.64 bits per heavy atom. The Balaban J connectivity index is 1.75. The number of methoxy groups -OCH3 is 1. The maximum atomic E-state index is 12.9. The molecule has 0 spiro atoms. The van der Waals surface area contributed by atoms with Gasteiger partial charge < -0.3 is 9.64 Å². The number of hydrogen-bond acceptors (Lipinski definition) is 6. The van der Waals surface area contributed by atoms with Gasteiger partial charge in [0.2, 0.25) is 5.91 Å². The summed E-state index contributed by atoms with van der Waals surface area (Å²) in [4.78, 5) is 20.2. The van der Waals surface area contributed by atoms with Gasteiger partial charge in [-0.2, -0.15) is 0 Å². The van der Waals surface area contributed by atoms with Crippen LogP contribution < -0.4 is 9.64 Å². The lowest BCUT2D eigenvalue weighted by atomic mass is 10.2. The van der Waals surface area contributed by atoms with Crippen molar-refractivity contribution in [3.63, 3.8) is 0 Å². The van der Waals surface area contributed by atoms with E-state index in [0.29, 0.717) is 12.3 Å². The monoisotopic (exact) mass is 390 g/mol. The summed E-state index contributed by atoms with van der Waals surface area (Å²) in [6.45, 7) is 2.53. The SMILES string of the molecule is COc1ccc(N(Cc2cccs2)C(=O)CSc2nc(C)cs2)cc1. The molecule has 0 aliphatic heterocycles. The van der Waals surface area contributed by atoms with E-state index in [9.17, 15) is 4.79 Å². The molecule has 0 aliphatic rings. The summed E-state index contributed by atoms with van der Waals surface area (Å²) in [6, 6.07) is 11.6. The number of carbonyl (C=O) groups excluding carboxylic acids is 1. The van der Waals surface area contributed by atoms with Crippen LogP contribution in [0.25, 0.3) is 0 Å². The van der Waals surface area contributed by atoms with E-state index in [1.54, 1.807) is 29.8 Å². The van der Waals surface area contributed by atoms with Gasteiger partial charge in [0.1, 0.15) is 5.75 Å². The molecule has 1 amide bonds. The van der Waals surface area contributed by atoms with Gasteiger partial charge in [-0.15, -0.1) is 22.7 Å². The fourth-order valence-electron chi connectivity index (χ4n) is 2.24. The van der Waals surface area contributed by atoms with Crippen LogP contribution in [-0.4, -0.2) is 23.8 Å². The third kappa shape index (κ3) is 4.84. The fourth-order valence-corrected chi connectivity index (χ4v) is 4.66. The van der Waals surface area contributed by atoms with E-state index < -0.39 is 0 Å². The number of amides is 1. The van der Waals surface area contributed by atoms with Gasteiger partial charge >= 0.3 is 0 Å². The summed E-state index contributed by atoms with van der Waals surface area (Å²) in [5, 5.41) is 4.03. The quantitative estimate of drug-likeness (QED) is 0.541. The Morgan fingerprint density at radius 1 is 1.24 bits per heavy atom. The molecule has 0 unspecified atom stereocenters. The zero-order valence-corrected chi connectivity index (χ0v) is 16.4. The number of anilines is 1. The van der Waals surface area contributed by atoms with Gasteiger partial charge in [-0.05, 0) is 42.6 Å². The maximum absolute atomic E-state index is 12.9. The lowest BCUT2D eigenvalue weighted by Gasteiger charge is -2.22. The first-order valence-electron chi connectivity index (χ1n) is 7.67. The third-order valence-electron chi connectivity index (χ3n) is 3.50. The Hall–Kier alpha value is -1.83. The summed E-state index contributed by atoms with van der Waals surface area (Å²) in [7, 11) is 1.64. The number of ether oxygens (including phenoxy) is 1. The number of aryl methyl sites for hydroxylation is 1. The summed E-state index contributed by atoms with van der Waals surface area (Å²) in [6.07, 6.45) is 0. The predicted molar refractivity (Wildman–Crippen MR) is 106 cm³/mol. The number of thiazole rings is 1. The van der Waals surface area contributed by atoms with Crippen LogP contribution in [0.15, 0.2) is 51.5 Å². The van der Waals surface area contributed by atoms with Crippen molar-refractivity contribution in [3.8, 4) is 5.75 Å². The summed E-state index contributed by atoms with van der Waals surface area (Å²) >= 11 is 4.72. The number of hydrogen-bond donors (Lipinski definition) is 0. The van der Waals surface area contributed by atoms with Gasteiger partial charge in [-0.25, -0.2) is 4.98 Å². The Morgan fingerprint density at radius 2 is 2.04 bits per heavy atom. The van der Waals surface area contributed by atoms with Gasteiger partial charge in [0.15, 0.2) is 4.34 Å². The normalized spacial score (nSPS) is 10.6. The lowest BCUT2D eigenvalue weighted by Crippen LogP contribution is -2.31. The molecule has 3 aromatic rings. The lowest BCUT2D eigenvalue weighted by molar-refractivity contribution is -0.116. The zero-order chi connectivity index (χ0) is 17.6. The Bertz CT molecular complexity index is 813. The minimum atomic E-state index is 0.0661. The van der Waals surface area contributed by atoms with Crippen molar-refractivity contribution < 1.29 is 9.53 Å². The average molecular weight is 391 g/mol. The molecule has 1 aromatic carbocycles. The highest BCUT2D eigenvalue weighted by atomic mass is 32.2. The number of thiophene rings is 1. The van der Waals surface area contributed by atoms with Crippen LogP contribution >= 0.6 is 34.4 Å². The van der Waals surface area contributed by atoms with E-state index >= 15 is 0 Å². The average Bonchev–Trinajstić information content (AvgIpc) is 3.29. The number of aromatic nitrogens is 1. The summed E-state index contributed by atoms with van der Waals surface area (Å²) in [5.41, 5.74) is 1.86. The van der Waals surface area contributed by atoms with E-state index in [1.165, 1.54) is 11.8 Å². The molecular formula is C18H18N2O2S3. The number of thioether (sulfide) groups is 1. The topological polar surface area (TPSA) is 42.4 Å². The van der Waals surface area contributed by atoms with Gasteiger partial charge in [-0.3, -0.25) is 4.79 Å². The number of nitrogens with zero attached hydrogens (tertiary/aromatic N) is 2. The smallest absolute Gasteiger partial charge is 0.237 e. The van der Waals surface area contributed by atoms with Crippen LogP contribution in [0.5, 0.6) is 5.75 Å². The van der Waals surface area contributed by atoms with Crippen LogP contribution in [0.3, 0.4) is 0 Å². The van der Waals surface area contributed by atoms with Crippen LogP contribution in [-0.2, 0) is 11.3 Å². The summed E-state index contributed by atoms with van der Waals surface area (Å²) in [5.74, 6) is 1.21. The van der Waals surface area contributed by atoms with Crippen molar-refractivity contribution in [2.75, 3.05) is 17.8 Å². The molecule has 7 heteroatoms. The second-order valence-electron chi connectivity index (χ2n) is 5.30. The van der Waals surface area contributed by atoms with Crippen LogP contribution in [0.1, 0.15) is 10.6 Å². The van der Waals surface area contributed by atoms with E-state index in [0.717, 1.165) is 26.3 Å². The molecule has 2 aromatic heterocycles. The first kappa shape index (κ1) is 18.0. The Labute approximate surface area is 159 Å². The van der Waals surface area contributed by atoms with Crippen molar-refractivity contribution >= 4 is 46.0 Å². The fraction of sp³-hybridized carbons (Fsp3) is 0.222. The van der Waals surface area contributed by atoms with Crippen molar-refractivity contribution in [1.29, 1.82) is 0 Å². The highest BCUT2D eigenvalue weighted by Gasteiger charge is 2.18. The minimum absolute atomic E-state index is 0.0661. The first-order chi connectivity index (χ1) is 12.2. The number of rotatable bonds is 7. The molecule has 25 heavy (non-hydrogen) atoms. The van der Waals surface area contributed by atoms with E-state index in [1.807, 2.05) is 59.0 Å². The molecule has 0 fully saturated rings. The van der Waals surface area contributed by atoms with Crippen molar-refractivity contribution in [2.45, 2.75) is 17.8 Å². The largest absolute Gasteiger partial charge is 0.497 e. The molecule has 130 valence electrons. The van der Waals surface area contributed by atoms with Gasteiger partial charge in [0.05, 0.1) is 19.4 Å². The third-order valence-corrected chi connectivity index (χ3v) is 6.48. The Kier molecular flexibility index (Phi) is 6.12. The van der Waals surface area contributed by atoms with Gasteiger partial charge in [0.25, 0.3) is 0 Å². The molecule has 0 bridgehead atoms. The van der Waals surface area contributed by atoms with Crippen molar-refractivity contribution in [2.24, 2.45) is 0 Å². The minimum Gasteiger partial charge on any atom is -0.497 e. The molecule has 0 N–H and O–H groups in total. The second kappa shape index (κ2) is 8.51.